The third-order valence-corrected chi connectivity index (χ3v) is 5.86. The highest BCUT2D eigenvalue weighted by Crippen LogP contribution is 2.31. The predicted molar refractivity (Wildman–Crippen MR) is 132 cm³/mol. The van der Waals surface area contributed by atoms with Crippen molar-refractivity contribution in [1.29, 1.82) is 0 Å². The minimum absolute atomic E-state index is 0.320. The van der Waals surface area contributed by atoms with Crippen molar-refractivity contribution in [3.05, 3.63) is 113 Å². The molecule has 0 aliphatic carbocycles. The van der Waals surface area contributed by atoms with Gasteiger partial charge < -0.3 is 5.32 Å². The van der Waals surface area contributed by atoms with Gasteiger partial charge in [-0.3, -0.25) is 4.79 Å². The third-order valence-electron chi connectivity index (χ3n) is 5.20. The number of hydrogen-bond acceptors (Lipinski definition) is 3. The molecule has 5 aromatic rings. The van der Waals surface area contributed by atoms with E-state index in [4.69, 9.17) is 9.97 Å². The summed E-state index contributed by atoms with van der Waals surface area (Å²) in [6.07, 6.45) is 0. The third kappa shape index (κ3) is 4.38. The Balaban J connectivity index is 1.59. The lowest BCUT2D eigenvalue weighted by Crippen LogP contribution is -2.12. The number of rotatable bonds is 4. The maximum atomic E-state index is 13.4. The van der Waals surface area contributed by atoms with Crippen LogP contribution in [-0.2, 0) is 0 Å². The summed E-state index contributed by atoms with van der Waals surface area (Å²) in [4.78, 5) is 22.7. The molecule has 0 aliphatic rings. The Morgan fingerprint density at radius 3 is 1.94 bits per heavy atom. The zero-order chi connectivity index (χ0) is 22.8. The molecule has 4 aromatic carbocycles. The van der Waals surface area contributed by atoms with Gasteiger partial charge in [0.2, 0.25) is 0 Å². The molecule has 0 radical (unpaired) electrons. The minimum Gasteiger partial charge on any atom is -0.321 e. The van der Waals surface area contributed by atoms with Crippen LogP contribution in [0.1, 0.15) is 10.4 Å². The van der Waals surface area contributed by atoms with Crippen molar-refractivity contribution in [2.75, 3.05) is 5.32 Å². The summed E-state index contributed by atoms with van der Waals surface area (Å²) in [5.41, 5.74) is 5.64. The molecule has 1 amide bonds. The Morgan fingerprint density at radius 2 is 1.33 bits per heavy atom. The second kappa shape index (κ2) is 8.92. The van der Waals surface area contributed by atoms with Gasteiger partial charge in [0.1, 0.15) is 5.82 Å². The van der Waals surface area contributed by atoms with Crippen LogP contribution in [0.2, 0.25) is 0 Å². The Bertz CT molecular complexity index is 1470. The lowest BCUT2D eigenvalue weighted by molar-refractivity contribution is 0.102. The Hall–Kier alpha value is -3.90. The smallest absolute Gasteiger partial charge is 0.255 e. The summed E-state index contributed by atoms with van der Waals surface area (Å²) in [6, 6.07) is 29.1. The van der Waals surface area contributed by atoms with Crippen LogP contribution in [0, 0.1) is 5.82 Å². The summed E-state index contributed by atoms with van der Waals surface area (Å²) in [6.45, 7) is 0. The molecule has 0 unspecified atom stereocenters. The number of fused-ring (bicyclic) bond motifs is 1. The second-order valence-electron chi connectivity index (χ2n) is 7.43. The molecule has 1 heterocycles. The monoisotopic (exact) mass is 497 g/mol. The number of aromatic nitrogens is 2. The molecule has 0 saturated carbocycles. The Labute approximate surface area is 198 Å². The van der Waals surface area contributed by atoms with Gasteiger partial charge in [0.05, 0.1) is 28.1 Å². The SMILES string of the molecule is O=C(Nc1ccc(F)cc1Br)c1ccc2nc(-c3ccccc3)c(-c3ccccc3)nc2c1. The Morgan fingerprint density at radius 1 is 0.727 bits per heavy atom. The van der Waals surface area contributed by atoms with Crippen molar-refractivity contribution in [3.8, 4) is 22.5 Å². The van der Waals surface area contributed by atoms with E-state index in [0.29, 0.717) is 26.8 Å². The van der Waals surface area contributed by atoms with Gasteiger partial charge >= 0.3 is 0 Å². The van der Waals surface area contributed by atoms with Crippen LogP contribution < -0.4 is 5.32 Å². The van der Waals surface area contributed by atoms with Crippen LogP contribution >= 0.6 is 15.9 Å². The average molecular weight is 498 g/mol. The fraction of sp³-hybridized carbons (Fsp3) is 0. The van der Waals surface area contributed by atoms with Crippen LogP contribution in [-0.4, -0.2) is 15.9 Å². The molecule has 0 aliphatic heterocycles. The molecule has 0 spiro atoms. The van der Waals surface area contributed by atoms with Gasteiger partial charge in [-0.05, 0) is 52.3 Å². The first-order valence-electron chi connectivity index (χ1n) is 10.3. The maximum absolute atomic E-state index is 13.4. The zero-order valence-electron chi connectivity index (χ0n) is 17.3. The maximum Gasteiger partial charge on any atom is 0.255 e. The number of carbonyl (C=O) groups excluding carboxylic acids is 1. The molecule has 1 N–H and O–H groups in total. The van der Waals surface area contributed by atoms with Crippen LogP contribution in [0.25, 0.3) is 33.5 Å². The van der Waals surface area contributed by atoms with Gasteiger partial charge in [0.25, 0.3) is 5.91 Å². The second-order valence-corrected chi connectivity index (χ2v) is 8.29. The van der Waals surface area contributed by atoms with Gasteiger partial charge in [-0.2, -0.15) is 0 Å². The van der Waals surface area contributed by atoms with Crippen LogP contribution in [0.5, 0.6) is 0 Å². The number of nitrogens with zero attached hydrogens (tertiary/aromatic N) is 2. The highest BCUT2D eigenvalue weighted by molar-refractivity contribution is 9.10. The molecule has 5 rings (SSSR count). The largest absolute Gasteiger partial charge is 0.321 e. The number of halogens is 2. The number of hydrogen-bond donors (Lipinski definition) is 1. The minimum atomic E-state index is -0.386. The molecular weight excluding hydrogens is 481 g/mol. The molecule has 0 fully saturated rings. The number of benzene rings is 4. The van der Waals surface area contributed by atoms with Crippen LogP contribution in [0.15, 0.2) is 102 Å². The number of amides is 1. The summed E-state index contributed by atoms with van der Waals surface area (Å²) < 4.78 is 13.8. The van der Waals surface area contributed by atoms with E-state index in [2.05, 4.69) is 21.2 Å². The molecule has 0 bridgehead atoms. The molecule has 0 saturated heterocycles. The fourth-order valence-corrected chi connectivity index (χ4v) is 4.03. The van der Waals surface area contributed by atoms with E-state index in [1.807, 2.05) is 60.7 Å². The van der Waals surface area contributed by atoms with Crippen molar-refractivity contribution in [3.63, 3.8) is 0 Å². The van der Waals surface area contributed by atoms with E-state index in [1.165, 1.54) is 18.2 Å². The lowest BCUT2D eigenvalue weighted by atomic mass is 10.0. The fourth-order valence-electron chi connectivity index (χ4n) is 3.58. The zero-order valence-corrected chi connectivity index (χ0v) is 18.9. The van der Waals surface area contributed by atoms with Crippen molar-refractivity contribution in [1.82, 2.24) is 9.97 Å². The first kappa shape index (κ1) is 21.0. The number of carbonyl (C=O) groups is 1. The summed E-state index contributed by atoms with van der Waals surface area (Å²) in [5, 5.41) is 2.80. The van der Waals surface area contributed by atoms with Crippen LogP contribution in [0.4, 0.5) is 10.1 Å². The van der Waals surface area contributed by atoms with Gasteiger partial charge in [-0.25, -0.2) is 14.4 Å². The topological polar surface area (TPSA) is 54.9 Å². The highest BCUT2D eigenvalue weighted by atomic mass is 79.9. The molecule has 4 nitrogen and oxygen atoms in total. The van der Waals surface area contributed by atoms with E-state index in [-0.39, 0.29) is 11.7 Å². The highest BCUT2D eigenvalue weighted by Gasteiger charge is 2.15. The molecule has 1 aromatic heterocycles. The van der Waals surface area contributed by atoms with Crippen molar-refractivity contribution in [2.45, 2.75) is 0 Å². The van der Waals surface area contributed by atoms with Crippen molar-refractivity contribution in [2.24, 2.45) is 0 Å². The normalized spacial score (nSPS) is 10.8. The average Bonchev–Trinajstić information content (AvgIpc) is 2.85. The molecule has 0 atom stereocenters. The van der Waals surface area contributed by atoms with Crippen molar-refractivity contribution >= 4 is 38.6 Å². The summed E-state index contributed by atoms with van der Waals surface area (Å²) in [7, 11) is 0. The summed E-state index contributed by atoms with van der Waals surface area (Å²) in [5.74, 6) is -0.706. The van der Waals surface area contributed by atoms with Crippen molar-refractivity contribution < 1.29 is 9.18 Å². The number of anilines is 1. The molecule has 160 valence electrons. The molecular formula is C27H17BrFN3O. The van der Waals surface area contributed by atoms with Crippen LogP contribution in [0.3, 0.4) is 0 Å². The van der Waals surface area contributed by atoms with Gasteiger partial charge in [-0.1, -0.05) is 60.7 Å². The van der Waals surface area contributed by atoms with Gasteiger partial charge in [0, 0.05) is 21.2 Å². The Kier molecular flexibility index (Phi) is 5.67. The van der Waals surface area contributed by atoms with E-state index in [9.17, 15) is 9.18 Å². The number of nitrogens with one attached hydrogen (secondary N) is 1. The first-order chi connectivity index (χ1) is 16.1. The first-order valence-corrected chi connectivity index (χ1v) is 11.1. The van der Waals surface area contributed by atoms with Gasteiger partial charge in [0.15, 0.2) is 0 Å². The van der Waals surface area contributed by atoms with E-state index in [1.54, 1.807) is 18.2 Å². The van der Waals surface area contributed by atoms with Gasteiger partial charge in [-0.15, -0.1) is 0 Å². The lowest BCUT2D eigenvalue weighted by Gasteiger charge is -2.12. The molecule has 33 heavy (non-hydrogen) atoms. The predicted octanol–water partition coefficient (Wildman–Crippen LogP) is 7.12. The summed E-state index contributed by atoms with van der Waals surface area (Å²) >= 11 is 3.28. The van der Waals surface area contributed by atoms with E-state index >= 15 is 0 Å². The molecule has 6 heteroatoms. The quantitative estimate of drug-likeness (QED) is 0.287. The van der Waals surface area contributed by atoms with E-state index in [0.717, 1.165) is 22.5 Å². The standard InChI is InChI=1S/C27H17BrFN3O/c28-21-16-20(29)12-14-22(21)32-27(33)19-11-13-23-24(15-19)31-26(18-9-5-2-6-10-18)25(30-23)17-7-3-1-4-8-17/h1-16H,(H,32,33). The van der Waals surface area contributed by atoms with E-state index < -0.39 is 0 Å².